The third kappa shape index (κ3) is 4.23. The maximum Gasteiger partial charge on any atom is 0.395 e. The van der Waals surface area contributed by atoms with E-state index in [4.69, 9.17) is 0 Å². The van der Waals surface area contributed by atoms with Crippen LogP contribution in [0.15, 0.2) is 89.6 Å². The van der Waals surface area contributed by atoms with Crippen LogP contribution in [-0.4, -0.2) is 32.4 Å². The molecule has 0 unspecified atom stereocenters. The highest BCUT2D eigenvalue weighted by molar-refractivity contribution is 6.93. The summed E-state index contributed by atoms with van der Waals surface area (Å²) >= 11 is 0. The Bertz CT molecular complexity index is 832. The minimum Gasteiger partial charge on any atom is -0.414 e. The zero-order valence-corrected chi connectivity index (χ0v) is 19.3. The largest absolute Gasteiger partial charge is 0.414 e. The summed E-state index contributed by atoms with van der Waals surface area (Å²) in [5.74, 6) is 0. The zero-order valence-electron chi connectivity index (χ0n) is 17.3. The maximum atomic E-state index is 3.48. The molecule has 0 aliphatic heterocycles. The van der Waals surface area contributed by atoms with Gasteiger partial charge in [0.1, 0.15) is 16.5 Å². The van der Waals surface area contributed by atoms with Crippen molar-refractivity contribution in [3.05, 3.63) is 89.6 Å². The molecule has 5 heteroatoms. The SMILES string of the molecule is C[Si](C)(C)N(B(c1ccccc1)N(C1=C=CC=C1)[Si](C)(C)C)C1=C=CC=C1. The summed E-state index contributed by atoms with van der Waals surface area (Å²) < 4.78 is 5.28. The van der Waals surface area contributed by atoms with Crippen molar-refractivity contribution in [2.75, 3.05) is 0 Å². The molecule has 0 saturated heterocycles. The fraction of sp³-hybridized carbons (Fsp3) is 0.273. The van der Waals surface area contributed by atoms with E-state index in [9.17, 15) is 0 Å². The lowest BCUT2D eigenvalue weighted by Crippen LogP contribution is -2.70. The van der Waals surface area contributed by atoms with Crippen molar-refractivity contribution in [1.82, 2.24) is 8.95 Å². The van der Waals surface area contributed by atoms with Gasteiger partial charge in [0.15, 0.2) is 0 Å². The standard InChI is InChI=1S/C22H29BN2Si2/c1-26(2,3)24(21-16-10-11-17-21)23(20-14-8-7-9-15-20)25(27(4,5)6)22-18-12-13-19-22/h7-16,18H,1-6H3. The van der Waals surface area contributed by atoms with E-state index in [1.807, 2.05) is 12.2 Å². The molecule has 138 valence electrons. The number of hydrogen-bond donors (Lipinski definition) is 0. The predicted molar refractivity (Wildman–Crippen MR) is 124 cm³/mol. The minimum absolute atomic E-state index is 0.141. The predicted octanol–water partition coefficient (Wildman–Crippen LogP) is 4.87. The molecule has 0 bridgehead atoms. The smallest absolute Gasteiger partial charge is 0.395 e. The molecule has 2 aliphatic rings. The highest BCUT2D eigenvalue weighted by Gasteiger charge is 2.45. The maximum absolute atomic E-state index is 3.48. The molecule has 0 fully saturated rings. The van der Waals surface area contributed by atoms with Gasteiger partial charge in [-0.15, -0.1) is 0 Å². The third-order valence-electron chi connectivity index (χ3n) is 4.71. The van der Waals surface area contributed by atoms with Crippen LogP contribution in [0.5, 0.6) is 0 Å². The molecule has 3 rings (SSSR count). The Labute approximate surface area is 166 Å². The average Bonchev–Trinajstić information content (AvgIpc) is 3.26. The summed E-state index contributed by atoms with van der Waals surface area (Å²) in [5, 5.41) is 0. The Balaban J connectivity index is 2.24. The molecule has 0 amide bonds. The third-order valence-corrected chi connectivity index (χ3v) is 8.58. The summed E-state index contributed by atoms with van der Waals surface area (Å²) in [5.41, 5.74) is 10.7. The Kier molecular flexibility index (Phi) is 5.41. The Morgan fingerprint density at radius 3 is 1.48 bits per heavy atom. The van der Waals surface area contributed by atoms with Crippen LogP contribution >= 0.6 is 0 Å². The molecule has 1 aromatic carbocycles. The second-order valence-electron chi connectivity index (χ2n) is 8.98. The van der Waals surface area contributed by atoms with E-state index in [0.29, 0.717) is 0 Å². The first-order valence-corrected chi connectivity index (χ1v) is 16.5. The molecule has 0 heterocycles. The van der Waals surface area contributed by atoms with Gasteiger partial charge in [-0.3, -0.25) is 0 Å². The van der Waals surface area contributed by atoms with Gasteiger partial charge in [0.05, 0.1) is 11.4 Å². The van der Waals surface area contributed by atoms with Gasteiger partial charge in [-0.1, -0.05) is 93.2 Å². The van der Waals surface area contributed by atoms with Crippen LogP contribution in [0.25, 0.3) is 0 Å². The summed E-state index contributed by atoms with van der Waals surface area (Å²) in [6.07, 6.45) is 12.6. The molecule has 0 aromatic heterocycles. The molecule has 0 atom stereocenters. The molecule has 2 nitrogen and oxygen atoms in total. The van der Waals surface area contributed by atoms with E-state index in [1.165, 1.54) is 16.9 Å². The Morgan fingerprint density at radius 2 is 1.15 bits per heavy atom. The van der Waals surface area contributed by atoms with E-state index >= 15 is 0 Å². The minimum atomic E-state index is -1.72. The van der Waals surface area contributed by atoms with E-state index in [1.54, 1.807) is 0 Å². The molecule has 0 spiro atoms. The van der Waals surface area contributed by atoms with Crippen LogP contribution < -0.4 is 5.46 Å². The summed E-state index contributed by atoms with van der Waals surface area (Å²) in [7, 11) is -3.44. The van der Waals surface area contributed by atoms with Gasteiger partial charge in [-0.05, 0) is 29.8 Å². The molecular formula is C22H29BN2Si2. The number of nitrogens with zero attached hydrogens (tertiary/aromatic N) is 2. The molecular weight excluding hydrogens is 359 g/mol. The van der Waals surface area contributed by atoms with Gasteiger partial charge in [0.2, 0.25) is 0 Å². The number of allylic oxidation sites excluding steroid dienone is 4. The van der Waals surface area contributed by atoms with Crippen LogP contribution in [0.4, 0.5) is 0 Å². The zero-order chi connectivity index (χ0) is 19.7. The van der Waals surface area contributed by atoms with E-state index in [-0.39, 0.29) is 6.98 Å². The number of benzene rings is 1. The highest BCUT2D eigenvalue weighted by atomic mass is 28.3. The monoisotopic (exact) mass is 388 g/mol. The van der Waals surface area contributed by atoms with Crippen molar-refractivity contribution < 1.29 is 0 Å². The lowest BCUT2D eigenvalue weighted by Gasteiger charge is -2.50. The van der Waals surface area contributed by atoms with Gasteiger partial charge in [-0.25, -0.2) is 0 Å². The number of hydrogen-bond acceptors (Lipinski definition) is 2. The van der Waals surface area contributed by atoms with Gasteiger partial charge >= 0.3 is 6.98 Å². The summed E-state index contributed by atoms with van der Waals surface area (Å²) in [4.78, 5) is 0. The topological polar surface area (TPSA) is 6.48 Å². The average molecular weight is 388 g/mol. The van der Waals surface area contributed by atoms with Crippen LogP contribution in [0.1, 0.15) is 0 Å². The van der Waals surface area contributed by atoms with Gasteiger partial charge < -0.3 is 8.95 Å². The van der Waals surface area contributed by atoms with E-state index in [0.717, 1.165) is 0 Å². The summed E-state index contributed by atoms with van der Waals surface area (Å²) in [6.45, 7) is 14.6. The van der Waals surface area contributed by atoms with Gasteiger partial charge in [0.25, 0.3) is 0 Å². The lowest BCUT2D eigenvalue weighted by atomic mass is 9.67. The second kappa shape index (κ2) is 7.46. The fourth-order valence-corrected chi connectivity index (χ4v) is 7.54. The van der Waals surface area contributed by atoms with E-state index in [2.05, 4.69) is 114 Å². The van der Waals surface area contributed by atoms with Crippen LogP contribution in [0.3, 0.4) is 0 Å². The molecule has 0 saturated carbocycles. The molecule has 0 radical (unpaired) electrons. The van der Waals surface area contributed by atoms with Crippen LogP contribution in [-0.2, 0) is 0 Å². The lowest BCUT2D eigenvalue weighted by molar-refractivity contribution is 0.693. The number of rotatable bonds is 7. The fourth-order valence-electron chi connectivity index (χ4n) is 3.70. The normalized spacial score (nSPS) is 15.2. The Morgan fingerprint density at radius 1 is 0.704 bits per heavy atom. The van der Waals surface area contributed by atoms with Gasteiger partial charge in [0, 0.05) is 0 Å². The molecule has 27 heavy (non-hydrogen) atoms. The molecule has 0 N–H and O–H groups in total. The van der Waals surface area contributed by atoms with Crippen molar-refractivity contribution in [3.63, 3.8) is 0 Å². The van der Waals surface area contributed by atoms with E-state index < -0.39 is 16.5 Å². The quantitative estimate of drug-likeness (QED) is 0.486. The first-order valence-electron chi connectivity index (χ1n) is 9.60. The first kappa shape index (κ1) is 19.6. The van der Waals surface area contributed by atoms with Crippen molar-refractivity contribution in [1.29, 1.82) is 0 Å². The van der Waals surface area contributed by atoms with Crippen LogP contribution in [0.2, 0.25) is 39.3 Å². The Hall–Kier alpha value is -2.16. The van der Waals surface area contributed by atoms with Crippen molar-refractivity contribution in [2.24, 2.45) is 0 Å². The summed E-state index contributed by atoms with van der Waals surface area (Å²) in [6, 6.07) is 10.9. The van der Waals surface area contributed by atoms with Crippen molar-refractivity contribution >= 4 is 28.9 Å². The van der Waals surface area contributed by atoms with Gasteiger partial charge in [-0.2, -0.15) is 0 Å². The first-order chi connectivity index (χ1) is 12.7. The van der Waals surface area contributed by atoms with Crippen molar-refractivity contribution in [2.45, 2.75) is 39.3 Å². The van der Waals surface area contributed by atoms with Crippen LogP contribution in [0, 0.1) is 0 Å². The van der Waals surface area contributed by atoms with Crippen molar-refractivity contribution in [3.8, 4) is 0 Å². The molecule has 2 aliphatic carbocycles. The highest BCUT2D eigenvalue weighted by Crippen LogP contribution is 2.29. The second-order valence-corrected chi connectivity index (χ2v) is 18.6. The molecule has 1 aromatic rings.